The van der Waals surface area contributed by atoms with E-state index in [2.05, 4.69) is 10.1 Å². The highest BCUT2D eigenvalue weighted by Gasteiger charge is 2.39. The van der Waals surface area contributed by atoms with Gasteiger partial charge in [-0.1, -0.05) is 30.3 Å². The number of sulfonamides is 1. The molecular weight excluding hydrogens is 344 g/mol. The minimum absolute atomic E-state index is 0.0933. The van der Waals surface area contributed by atoms with Crippen LogP contribution in [0.25, 0.3) is 10.8 Å². The number of esters is 1. The summed E-state index contributed by atoms with van der Waals surface area (Å²) in [4.78, 5) is 23.8. The second-order valence-corrected chi connectivity index (χ2v) is 7.60. The van der Waals surface area contributed by atoms with Crippen molar-refractivity contribution in [3.63, 3.8) is 0 Å². The number of methoxy groups -OCH3 is 1. The number of nitrogens with one attached hydrogen (secondary N) is 1. The van der Waals surface area contributed by atoms with Gasteiger partial charge in [0.25, 0.3) is 0 Å². The first kappa shape index (κ1) is 17.4. The predicted octanol–water partition coefficient (Wildman–Crippen LogP) is 0.892. The Bertz CT molecular complexity index is 926. The molecule has 0 aliphatic carbocycles. The third-order valence-corrected chi connectivity index (χ3v) is 6.10. The first-order valence-electron chi connectivity index (χ1n) is 7.78. The summed E-state index contributed by atoms with van der Waals surface area (Å²) < 4.78 is 31.8. The van der Waals surface area contributed by atoms with Gasteiger partial charge in [-0.15, -0.1) is 0 Å². The van der Waals surface area contributed by atoms with Crippen molar-refractivity contribution in [2.45, 2.75) is 17.4 Å². The van der Waals surface area contributed by atoms with Gasteiger partial charge in [-0.2, -0.15) is 4.31 Å². The van der Waals surface area contributed by atoms with Crippen LogP contribution in [-0.4, -0.2) is 50.8 Å². The SMILES string of the molecule is COC(=O)CC1C(=O)NCCN1S(=O)(=O)c1ccc2ccccc2c1. The molecule has 1 heterocycles. The number of carbonyl (C=O) groups is 2. The van der Waals surface area contributed by atoms with E-state index in [4.69, 9.17) is 0 Å². The number of ether oxygens (including phenoxy) is 1. The summed E-state index contributed by atoms with van der Waals surface area (Å²) in [7, 11) is -2.73. The lowest BCUT2D eigenvalue weighted by Crippen LogP contribution is -2.57. The summed E-state index contributed by atoms with van der Waals surface area (Å²) in [6, 6.07) is 11.1. The van der Waals surface area contributed by atoms with Crippen LogP contribution in [0.4, 0.5) is 0 Å². The predicted molar refractivity (Wildman–Crippen MR) is 91.3 cm³/mol. The first-order valence-corrected chi connectivity index (χ1v) is 9.22. The number of carbonyl (C=O) groups excluding carboxylic acids is 2. The maximum Gasteiger partial charge on any atom is 0.307 e. The molecule has 132 valence electrons. The van der Waals surface area contributed by atoms with E-state index in [1.54, 1.807) is 12.1 Å². The van der Waals surface area contributed by atoms with E-state index in [-0.39, 0.29) is 24.4 Å². The fourth-order valence-corrected chi connectivity index (χ4v) is 4.50. The summed E-state index contributed by atoms with van der Waals surface area (Å²) in [6.07, 6.45) is -0.324. The Morgan fingerprint density at radius 3 is 2.68 bits per heavy atom. The second-order valence-electron chi connectivity index (χ2n) is 5.71. The number of rotatable bonds is 4. The molecule has 1 unspecified atom stereocenters. The number of nitrogens with zero attached hydrogens (tertiary/aromatic N) is 1. The van der Waals surface area contributed by atoms with E-state index in [1.165, 1.54) is 13.2 Å². The maximum absolute atomic E-state index is 13.1. The molecule has 7 nitrogen and oxygen atoms in total. The smallest absolute Gasteiger partial charge is 0.307 e. The van der Waals surface area contributed by atoms with Crippen LogP contribution >= 0.6 is 0 Å². The number of hydrogen-bond donors (Lipinski definition) is 1. The molecule has 0 radical (unpaired) electrons. The molecular formula is C17H18N2O5S. The summed E-state index contributed by atoms with van der Waals surface area (Å²) in [5.74, 6) is -1.14. The van der Waals surface area contributed by atoms with Gasteiger partial charge < -0.3 is 10.1 Å². The number of fused-ring (bicyclic) bond motifs is 1. The molecule has 2 aromatic carbocycles. The van der Waals surface area contributed by atoms with Crippen molar-refractivity contribution in [2.75, 3.05) is 20.2 Å². The average Bonchev–Trinajstić information content (AvgIpc) is 2.62. The van der Waals surface area contributed by atoms with Crippen molar-refractivity contribution in [1.82, 2.24) is 9.62 Å². The monoisotopic (exact) mass is 362 g/mol. The molecule has 3 rings (SSSR count). The van der Waals surface area contributed by atoms with E-state index in [9.17, 15) is 18.0 Å². The van der Waals surface area contributed by atoms with E-state index in [0.29, 0.717) is 0 Å². The molecule has 1 N–H and O–H groups in total. The molecule has 1 amide bonds. The van der Waals surface area contributed by atoms with Gasteiger partial charge >= 0.3 is 5.97 Å². The molecule has 2 aromatic rings. The maximum atomic E-state index is 13.1. The van der Waals surface area contributed by atoms with Gasteiger partial charge in [-0.05, 0) is 22.9 Å². The van der Waals surface area contributed by atoms with E-state index in [0.717, 1.165) is 15.1 Å². The fraction of sp³-hybridized carbons (Fsp3) is 0.294. The highest BCUT2D eigenvalue weighted by Crippen LogP contribution is 2.25. The van der Waals surface area contributed by atoms with E-state index >= 15 is 0 Å². The average molecular weight is 362 g/mol. The van der Waals surface area contributed by atoms with Crippen LogP contribution in [0.1, 0.15) is 6.42 Å². The van der Waals surface area contributed by atoms with Crippen LogP contribution in [0.15, 0.2) is 47.4 Å². The molecule has 0 aromatic heterocycles. The highest BCUT2D eigenvalue weighted by atomic mass is 32.2. The summed E-state index contributed by atoms with van der Waals surface area (Å²) >= 11 is 0. The topological polar surface area (TPSA) is 92.8 Å². The van der Waals surface area contributed by atoms with Gasteiger partial charge in [0.05, 0.1) is 18.4 Å². The Balaban J connectivity index is 2.00. The lowest BCUT2D eigenvalue weighted by molar-refractivity contribution is -0.144. The number of amides is 1. The molecule has 0 bridgehead atoms. The quantitative estimate of drug-likeness (QED) is 0.816. The summed E-state index contributed by atoms with van der Waals surface area (Å²) in [5.41, 5.74) is 0. The van der Waals surface area contributed by atoms with Crippen molar-refractivity contribution in [3.8, 4) is 0 Å². The largest absolute Gasteiger partial charge is 0.469 e. The van der Waals surface area contributed by atoms with Crippen molar-refractivity contribution in [3.05, 3.63) is 42.5 Å². The Morgan fingerprint density at radius 1 is 1.24 bits per heavy atom. The Kier molecular flexibility index (Phi) is 4.73. The second kappa shape index (κ2) is 6.81. The van der Waals surface area contributed by atoms with Gasteiger partial charge in [0.2, 0.25) is 15.9 Å². The van der Waals surface area contributed by atoms with Crippen LogP contribution in [0.3, 0.4) is 0 Å². The van der Waals surface area contributed by atoms with Crippen LogP contribution < -0.4 is 5.32 Å². The van der Waals surface area contributed by atoms with Gasteiger partial charge in [0, 0.05) is 13.1 Å². The van der Waals surface area contributed by atoms with Crippen molar-refractivity contribution >= 4 is 32.7 Å². The van der Waals surface area contributed by atoms with Crippen LogP contribution in [-0.2, 0) is 24.3 Å². The van der Waals surface area contributed by atoms with Crippen molar-refractivity contribution < 1.29 is 22.7 Å². The molecule has 1 atom stereocenters. The summed E-state index contributed by atoms with van der Waals surface area (Å²) in [6.45, 7) is 0.297. The standard InChI is InChI=1S/C17H18N2O5S/c1-24-16(20)11-15-17(21)18-8-9-19(15)25(22,23)14-7-6-12-4-2-3-5-13(12)10-14/h2-7,10,15H,8-9,11H2,1H3,(H,18,21). The molecule has 0 spiro atoms. The minimum Gasteiger partial charge on any atom is -0.469 e. The normalized spacial score (nSPS) is 18.8. The number of benzene rings is 2. The zero-order valence-electron chi connectivity index (χ0n) is 13.6. The van der Waals surface area contributed by atoms with Gasteiger partial charge in [-0.3, -0.25) is 9.59 Å². The number of piperazine rings is 1. The van der Waals surface area contributed by atoms with Crippen molar-refractivity contribution in [1.29, 1.82) is 0 Å². The van der Waals surface area contributed by atoms with Crippen molar-refractivity contribution in [2.24, 2.45) is 0 Å². The van der Waals surface area contributed by atoms with E-state index in [1.807, 2.05) is 24.3 Å². The number of hydrogen-bond acceptors (Lipinski definition) is 5. The fourth-order valence-electron chi connectivity index (χ4n) is 2.88. The molecule has 0 saturated carbocycles. The highest BCUT2D eigenvalue weighted by molar-refractivity contribution is 7.89. The molecule has 8 heteroatoms. The van der Waals surface area contributed by atoms with Crippen LogP contribution in [0, 0.1) is 0 Å². The van der Waals surface area contributed by atoms with E-state index < -0.39 is 27.9 Å². The van der Waals surface area contributed by atoms with Crippen LogP contribution in [0.2, 0.25) is 0 Å². The Hall–Kier alpha value is -2.45. The minimum atomic E-state index is -3.92. The lowest BCUT2D eigenvalue weighted by atomic mass is 10.1. The molecule has 1 aliphatic heterocycles. The molecule has 25 heavy (non-hydrogen) atoms. The molecule has 1 saturated heterocycles. The zero-order chi connectivity index (χ0) is 18.0. The lowest BCUT2D eigenvalue weighted by Gasteiger charge is -2.33. The Labute approximate surface area is 145 Å². The molecule has 1 aliphatic rings. The first-order chi connectivity index (χ1) is 11.9. The van der Waals surface area contributed by atoms with Crippen LogP contribution in [0.5, 0.6) is 0 Å². The Morgan fingerprint density at radius 2 is 1.96 bits per heavy atom. The van der Waals surface area contributed by atoms with Gasteiger partial charge in [0.1, 0.15) is 6.04 Å². The third-order valence-electron chi connectivity index (χ3n) is 4.20. The molecule has 1 fully saturated rings. The zero-order valence-corrected chi connectivity index (χ0v) is 14.5. The third kappa shape index (κ3) is 3.35. The van der Waals surface area contributed by atoms with Gasteiger partial charge in [-0.25, -0.2) is 8.42 Å². The van der Waals surface area contributed by atoms with Gasteiger partial charge in [0.15, 0.2) is 0 Å². The summed E-state index contributed by atoms with van der Waals surface area (Å²) in [5, 5.41) is 4.30.